The minimum Gasteiger partial charge on any atom is -0.394 e. The third-order valence-electron chi connectivity index (χ3n) is 2.72. The molecule has 7 nitrogen and oxygen atoms in total. The van der Waals surface area contributed by atoms with Gasteiger partial charge in [-0.3, -0.25) is 9.59 Å². The van der Waals surface area contributed by atoms with Gasteiger partial charge in [0.1, 0.15) is 11.6 Å². The molecule has 5 N–H and O–H groups in total. The molecule has 0 aliphatic heterocycles. The van der Waals surface area contributed by atoms with E-state index in [0.29, 0.717) is 0 Å². The first-order chi connectivity index (χ1) is 8.61. The molecule has 0 spiro atoms. The van der Waals surface area contributed by atoms with Gasteiger partial charge in [-0.25, -0.2) is 0 Å². The van der Waals surface area contributed by atoms with Gasteiger partial charge in [0.15, 0.2) is 0 Å². The number of aliphatic hydroxyl groups is 3. The summed E-state index contributed by atoms with van der Waals surface area (Å²) in [6, 6.07) is -0.837. The molecule has 1 unspecified atom stereocenters. The highest BCUT2D eigenvalue weighted by atomic mass is 16.3. The highest BCUT2D eigenvalue weighted by molar-refractivity contribution is 5.89. The molecule has 0 fully saturated rings. The van der Waals surface area contributed by atoms with Gasteiger partial charge in [-0.15, -0.1) is 0 Å². The van der Waals surface area contributed by atoms with Crippen molar-refractivity contribution >= 4 is 11.8 Å². The van der Waals surface area contributed by atoms with Crippen molar-refractivity contribution in [3.05, 3.63) is 0 Å². The van der Waals surface area contributed by atoms with Crippen LogP contribution in [0.5, 0.6) is 0 Å². The van der Waals surface area contributed by atoms with E-state index in [4.69, 9.17) is 15.3 Å². The van der Waals surface area contributed by atoms with Crippen molar-refractivity contribution in [2.24, 2.45) is 5.41 Å². The van der Waals surface area contributed by atoms with Crippen LogP contribution in [-0.2, 0) is 9.59 Å². The predicted octanol–water partition coefficient (Wildman–Crippen LogP) is -1.63. The Morgan fingerprint density at radius 1 is 1.05 bits per heavy atom. The molecule has 1 atom stereocenters. The zero-order valence-electron chi connectivity index (χ0n) is 11.9. The van der Waals surface area contributed by atoms with E-state index in [1.807, 2.05) is 0 Å². The van der Waals surface area contributed by atoms with Gasteiger partial charge >= 0.3 is 0 Å². The first kappa shape index (κ1) is 17.8. The zero-order chi connectivity index (χ0) is 15.3. The summed E-state index contributed by atoms with van der Waals surface area (Å²) in [6.07, 6.45) is 0. The van der Waals surface area contributed by atoms with Gasteiger partial charge in [0.2, 0.25) is 11.8 Å². The van der Waals surface area contributed by atoms with Crippen molar-refractivity contribution in [3.63, 3.8) is 0 Å². The molecule has 0 aromatic rings. The van der Waals surface area contributed by atoms with Crippen LogP contribution in [0.2, 0.25) is 0 Å². The molecular weight excluding hydrogens is 252 g/mol. The number of nitrogens with one attached hydrogen (secondary N) is 2. The number of aliphatic hydroxyl groups excluding tert-OH is 3. The summed E-state index contributed by atoms with van der Waals surface area (Å²) in [4.78, 5) is 23.6. The van der Waals surface area contributed by atoms with E-state index in [2.05, 4.69) is 10.6 Å². The first-order valence-corrected chi connectivity index (χ1v) is 6.07. The number of carbonyl (C=O) groups excluding carboxylic acids is 2. The Kier molecular flexibility index (Phi) is 6.41. The summed E-state index contributed by atoms with van der Waals surface area (Å²) in [5, 5.41) is 32.1. The van der Waals surface area contributed by atoms with Gasteiger partial charge in [0.25, 0.3) is 0 Å². The van der Waals surface area contributed by atoms with Crippen molar-refractivity contribution < 1.29 is 24.9 Å². The number of carbonyl (C=O) groups is 2. The summed E-state index contributed by atoms with van der Waals surface area (Å²) in [5.41, 5.74) is -2.12. The lowest BCUT2D eigenvalue weighted by Crippen LogP contribution is -2.61. The predicted molar refractivity (Wildman–Crippen MR) is 69.2 cm³/mol. The molecule has 0 saturated heterocycles. The van der Waals surface area contributed by atoms with Gasteiger partial charge in [0, 0.05) is 5.41 Å². The van der Waals surface area contributed by atoms with Gasteiger partial charge in [0.05, 0.1) is 19.8 Å². The Morgan fingerprint density at radius 3 is 1.79 bits per heavy atom. The second-order valence-corrected chi connectivity index (χ2v) is 5.69. The highest BCUT2D eigenvalue weighted by Gasteiger charge is 2.32. The van der Waals surface area contributed by atoms with Crippen LogP contribution < -0.4 is 10.6 Å². The molecule has 0 aromatic carbocycles. The first-order valence-electron chi connectivity index (χ1n) is 6.07. The summed E-state index contributed by atoms with van der Waals surface area (Å²) < 4.78 is 0. The fourth-order valence-electron chi connectivity index (χ4n) is 1.12. The second kappa shape index (κ2) is 6.83. The van der Waals surface area contributed by atoms with E-state index in [1.165, 1.54) is 6.92 Å². The van der Waals surface area contributed by atoms with Crippen molar-refractivity contribution in [1.82, 2.24) is 10.6 Å². The van der Waals surface area contributed by atoms with Crippen LogP contribution in [-0.4, -0.2) is 58.5 Å². The molecular formula is C12H24N2O5. The molecule has 19 heavy (non-hydrogen) atoms. The van der Waals surface area contributed by atoms with E-state index in [1.54, 1.807) is 20.8 Å². The zero-order valence-corrected chi connectivity index (χ0v) is 11.9. The number of hydrogen-bond acceptors (Lipinski definition) is 5. The van der Waals surface area contributed by atoms with E-state index in [-0.39, 0.29) is 5.91 Å². The molecule has 0 heterocycles. The van der Waals surface area contributed by atoms with Crippen LogP contribution in [0.4, 0.5) is 0 Å². The minimum atomic E-state index is -1.49. The van der Waals surface area contributed by atoms with Gasteiger partial charge in [-0.05, 0) is 6.92 Å². The van der Waals surface area contributed by atoms with E-state index in [9.17, 15) is 9.59 Å². The van der Waals surface area contributed by atoms with Crippen LogP contribution in [0.1, 0.15) is 27.7 Å². The standard InChI is InChI=1S/C12H24N2O5/c1-8(13-10(19)11(2,3)4)9(18)14-12(5-15,6-16)7-17/h8,15-17H,5-7H2,1-4H3,(H,13,19)(H,14,18). The Morgan fingerprint density at radius 2 is 1.47 bits per heavy atom. The average molecular weight is 276 g/mol. The normalized spacial score (nSPS) is 13.8. The van der Waals surface area contributed by atoms with Gasteiger partial charge in [-0.2, -0.15) is 0 Å². The number of amides is 2. The topological polar surface area (TPSA) is 119 Å². The molecule has 0 radical (unpaired) electrons. The second-order valence-electron chi connectivity index (χ2n) is 5.69. The molecule has 7 heteroatoms. The Bertz CT molecular complexity index is 312. The third kappa shape index (κ3) is 5.14. The quantitative estimate of drug-likeness (QED) is 0.399. The fraction of sp³-hybridized carbons (Fsp3) is 0.833. The maximum Gasteiger partial charge on any atom is 0.242 e. The lowest BCUT2D eigenvalue weighted by Gasteiger charge is -2.30. The molecule has 0 rings (SSSR count). The van der Waals surface area contributed by atoms with E-state index in [0.717, 1.165) is 0 Å². The molecule has 0 aliphatic rings. The Labute approximate surface area is 113 Å². The maximum absolute atomic E-state index is 11.8. The van der Waals surface area contributed by atoms with E-state index >= 15 is 0 Å². The Balaban J connectivity index is 4.63. The Hall–Kier alpha value is -1.18. The van der Waals surface area contributed by atoms with Crippen LogP contribution in [0.15, 0.2) is 0 Å². The van der Waals surface area contributed by atoms with Crippen molar-refractivity contribution in [2.45, 2.75) is 39.3 Å². The SMILES string of the molecule is CC(NC(=O)C(C)(C)C)C(=O)NC(CO)(CO)CO. The summed E-state index contributed by atoms with van der Waals surface area (Å²) in [5.74, 6) is -0.882. The fourth-order valence-corrected chi connectivity index (χ4v) is 1.12. The largest absolute Gasteiger partial charge is 0.394 e. The van der Waals surface area contributed by atoms with Crippen LogP contribution in [0.3, 0.4) is 0 Å². The lowest BCUT2D eigenvalue weighted by molar-refractivity contribution is -0.134. The summed E-state index contributed by atoms with van der Waals surface area (Å²) >= 11 is 0. The van der Waals surface area contributed by atoms with Gasteiger partial charge in [-0.1, -0.05) is 20.8 Å². The molecule has 0 aromatic heterocycles. The molecule has 0 bridgehead atoms. The van der Waals surface area contributed by atoms with Crippen LogP contribution in [0, 0.1) is 5.41 Å². The lowest BCUT2D eigenvalue weighted by atomic mass is 9.95. The van der Waals surface area contributed by atoms with Crippen molar-refractivity contribution in [1.29, 1.82) is 0 Å². The molecule has 2 amide bonds. The molecule has 0 saturated carbocycles. The molecule has 0 aliphatic carbocycles. The van der Waals surface area contributed by atoms with Crippen molar-refractivity contribution in [3.8, 4) is 0 Å². The number of rotatable bonds is 6. The summed E-state index contributed by atoms with van der Waals surface area (Å²) in [6.45, 7) is 4.81. The maximum atomic E-state index is 11.8. The summed E-state index contributed by atoms with van der Waals surface area (Å²) in [7, 11) is 0. The van der Waals surface area contributed by atoms with Gasteiger partial charge < -0.3 is 26.0 Å². The van der Waals surface area contributed by atoms with Crippen molar-refractivity contribution in [2.75, 3.05) is 19.8 Å². The minimum absolute atomic E-state index is 0.294. The number of hydrogen-bond donors (Lipinski definition) is 5. The monoisotopic (exact) mass is 276 g/mol. The molecule has 112 valence electrons. The van der Waals surface area contributed by atoms with Crippen LogP contribution >= 0.6 is 0 Å². The van der Waals surface area contributed by atoms with Crippen LogP contribution in [0.25, 0.3) is 0 Å². The van der Waals surface area contributed by atoms with E-state index < -0.39 is 42.7 Å². The highest BCUT2D eigenvalue weighted by Crippen LogP contribution is 2.13. The third-order valence-corrected chi connectivity index (χ3v) is 2.72. The smallest absolute Gasteiger partial charge is 0.242 e. The average Bonchev–Trinajstić information content (AvgIpc) is 2.34.